The van der Waals surface area contributed by atoms with Crippen LogP contribution in [0.25, 0.3) is 17.0 Å². The molecule has 4 aromatic rings. The second-order valence-corrected chi connectivity index (χ2v) is 9.63. The lowest BCUT2D eigenvalue weighted by molar-refractivity contribution is 0.315. The zero-order valence-corrected chi connectivity index (χ0v) is 20.0. The van der Waals surface area contributed by atoms with E-state index in [0.717, 1.165) is 73.1 Å². The summed E-state index contributed by atoms with van der Waals surface area (Å²) in [7, 11) is 4.24. The van der Waals surface area contributed by atoms with Gasteiger partial charge in [-0.05, 0) is 63.2 Å². The van der Waals surface area contributed by atoms with E-state index in [1.807, 2.05) is 28.9 Å². The van der Waals surface area contributed by atoms with Crippen LogP contribution in [0.3, 0.4) is 0 Å². The zero-order valence-electron chi connectivity index (χ0n) is 20.0. The Morgan fingerprint density at radius 1 is 1.00 bits per heavy atom. The molecule has 2 saturated heterocycles. The van der Waals surface area contributed by atoms with Gasteiger partial charge in [0.15, 0.2) is 5.65 Å². The highest BCUT2D eigenvalue weighted by atomic mass is 19.1. The zero-order chi connectivity index (χ0) is 23.9. The van der Waals surface area contributed by atoms with Crippen LogP contribution in [0.1, 0.15) is 30.9 Å². The van der Waals surface area contributed by atoms with Gasteiger partial charge in [-0.25, -0.2) is 18.9 Å². The number of nitrogens with zero attached hydrogens (tertiary/aromatic N) is 8. The molecule has 6 rings (SSSR count). The van der Waals surface area contributed by atoms with Gasteiger partial charge < -0.3 is 14.7 Å². The first kappa shape index (κ1) is 21.9. The van der Waals surface area contributed by atoms with Crippen molar-refractivity contribution < 1.29 is 4.39 Å². The van der Waals surface area contributed by atoms with Crippen LogP contribution in [0.5, 0.6) is 0 Å². The molecule has 0 bridgehead atoms. The molecule has 0 radical (unpaired) electrons. The van der Waals surface area contributed by atoms with Crippen LogP contribution in [-0.2, 0) is 0 Å². The highest BCUT2D eigenvalue weighted by molar-refractivity contribution is 5.61. The molecule has 1 aromatic carbocycles. The Balaban J connectivity index is 1.32. The normalized spacial score (nSPS) is 20.5. The lowest BCUT2D eigenvalue weighted by atomic mass is 10.0. The molecule has 2 aliphatic heterocycles. The van der Waals surface area contributed by atoms with Gasteiger partial charge in [-0.15, -0.1) is 5.10 Å². The SMILES string of the molecule is CN(C)[C@@H]1CCN(c2cncc(-c3cnc4ccc(N5CCCC5c5cccc(F)c5)nn34)n2)C1. The minimum absolute atomic E-state index is 0.102. The van der Waals surface area contributed by atoms with Gasteiger partial charge >= 0.3 is 0 Å². The van der Waals surface area contributed by atoms with Crippen molar-refractivity contribution in [1.29, 1.82) is 0 Å². The van der Waals surface area contributed by atoms with Gasteiger partial charge in [0.05, 0.1) is 24.6 Å². The number of rotatable bonds is 5. The first-order chi connectivity index (χ1) is 17.1. The maximum Gasteiger partial charge on any atom is 0.154 e. The third-order valence-corrected chi connectivity index (χ3v) is 7.23. The highest BCUT2D eigenvalue weighted by Gasteiger charge is 2.28. The van der Waals surface area contributed by atoms with Crippen LogP contribution in [-0.4, -0.2) is 69.2 Å². The van der Waals surface area contributed by atoms with Crippen molar-refractivity contribution in [3.05, 3.63) is 66.4 Å². The van der Waals surface area contributed by atoms with E-state index >= 15 is 0 Å². The molecule has 3 aromatic heterocycles. The number of likely N-dealkylation sites (N-methyl/N-ethyl adjacent to an activating group) is 1. The monoisotopic (exact) mass is 472 g/mol. The van der Waals surface area contributed by atoms with Crippen molar-refractivity contribution in [2.45, 2.75) is 31.3 Å². The van der Waals surface area contributed by atoms with Crippen molar-refractivity contribution in [2.75, 3.05) is 43.5 Å². The first-order valence-corrected chi connectivity index (χ1v) is 12.2. The number of fused-ring (bicyclic) bond motifs is 1. The molecule has 2 aliphatic rings. The average Bonchev–Trinajstić information content (AvgIpc) is 3.63. The molecular formula is C26H29FN8. The van der Waals surface area contributed by atoms with Crippen LogP contribution in [0.2, 0.25) is 0 Å². The first-order valence-electron chi connectivity index (χ1n) is 12.2. The van der Waals surface area contributed by atoms with Crippen LogP contribution in [0, 0.1) is 5.82 Å². The lowest BCUT2D eigenvalue weighted by Gasteiger charge is -2.26. The van der Waals surface area contributed by atoms with Crippen LogP contribution in [0.4, 0.5) is 16.0 Å². The molecule has 9 heteroatoms. The van der Waals surface area contributed by atoms with Gasteiger partial charge in [0.1, 0.15) is 28.8 Å². The summed E-state index contributed by atoms with van der Waals surface area (Å²) in [4.78, 5) is 20.8. The standard InChI is InChI=1S/C26H29FN8/c1-32(2)20-10-12-33(17-20)26-16-28-14-21(30-26)23-15-29-24-8-9-25(31-35(23)24)34-11-4-7-22(34)18-5-3-6-19(27)13-18/h3,5-6,8-9,13-16,20,22H,4,7,10-12,17H2,1-2H3/t20-,22?/m1/s1. The minimum Gasteiger partial charge on any atom is -0.354 e. The summed E-state index contributed by atoms with van der Waals surface area (Å²) >= 11 is 0. The van der Waals surface area contributed by atoms with Crippen LogP contribution >= 0.6 is 0 Å². The van der Waals surface area contributed by atoms with Crippen molar-refractivity contribution in [3.8, 4) is 11.4 Å². The molecule has 8 nitrogen and oxygen atoms in total. The lowest BCUT2D eigenvalue weighted by Crippen LogP contribution is -2.31. The summed E-state index contributed by atoms with van der Waals surface area (Å²) in [5.41, 5.74) is 3.29. The van der Waals surface area contributed by atoms with E-state index in [1.165, 1.54) is 6.07 Å². The summed E-state index contributed by atoms with van der Waals surface area (Å²) in [5.74, 6) is 1.52. The fourth-order valence-corrected chi connectivity index (χ4v) is 5.30. The van der Waals surface area contributed by atoms with Gasteiger partial charge in [0.2, 0.25) is 0 Å². The summed E-state index contributed by atoms with van der Waals surface area (Å²) in [6.07, 6.45) is 8.53. The maximum absolute atomic E-state index is 13.9. The van der Waals surface area contributed by atoms with Crippen LogP contribution < -0.4 is 9.80 Å². The molecule has 0 aliphatic carbocycles. The second kappa shape index (κ2) is 8.88. The number of imidazole rings is 1. The van der Waals surface area contributed by atoms with E-state index in [0.29, 0.717) is 6.04 Å². The Bertz CT molecular complexity index is 1350. The van der Waals surface area contributed by atoms with Crippen molar-refractivity contribution >= 4 is 17.3 Å². The largest absolute Gasteiger partial charge is 0.354 e. The Morgan fingerprint density at radius 2 is 1.91 bits per heavy atom. The van der Waals surface area contributed by atoms with Gasteiger partial charge in [-0.3, -0.25) is 4.98 Å². The number of aromatic nitrogens is 5. The predicted molar refractivity (Wildman–Crippen MR) is 134 cm³/mol. The van der Waals surface area contributed by atoms with Gasteiger partial charge in [0, 0.05) is 25.7 Å². The van der Waals surface area contributed by atoms with E-state index in [9.17, 15) is 4.39 Å². The summed E-state index contributed by atoms with van der Waals surface area (Å²) in [6.45, 7) is 2.78. The fraction of sp³-hybridized carbons (Fsp3) is 0.385. The van der Waals surface area contributed by atoms with Crippen molar-refractivity contribution in [2.24, 2.45) is 0 Å². The quantitative estimate of drug-likeness (QED) is 0.438. The molecule has 0 spiro atoms. The number of hydrogen-bond donors (Lipinski definition) is 0. The summed E-state index contributed by atoms with van der Waals surface area (Å²) < 4.78 is 15.7. The molecule has 5 heterocycles. The molecule has 0 saturated carbocycles. The molecule has 1 unspecified atom stereocenters. The van der Waals surface area contributed by atoms with E-state index in [2.05, 4.69) is 38.8 Å². The van der Waals surface area contributed by atoms with E-state index in [1.54, 1.807) is 24.5 Å². The second-order valence-electron chi connectivity index (χ2n) is 9.63. The Morgan fingerprint density at radius 3 is 2.74 bits per heavy atom. The average molecular weight is 473 g/mol. The topological polar surface area (TPSA) is 65.7 Å². The summed E-state index contributed by atoms with van der Waals surface area (Å²) in [6, 6.07) is 11.5. The molecule has 2 atom stereocenters. The number of halogens is 1. The van der Waals surface area contributed by atoms with Crippen LogP contribution in [0.15, 0.2) is 55.0 Å². The van der Waals surface area contributed by atoms with Gasteiger partial charge in [-0.2, -0.15) is 0 Å². The van der Waals surface area contributed by atoms with Gasteiger partial charge in [-0.1, -0.05) is 12.1 Å². The number of benzene rings is 1. The Labute approximate surface area is 204 Å². The maximum atomic E-state index is 13.9. The minimum atomic E-state index is -0.206. The Hall–Kier alpha value is -3.59. The molecular weight excluding hydrogens is 443 g/mol. The predicted octanol–water partition coefficient (Wildman–Crippen LogP) is 3.81. The fourth-order valence-electron chi connectivity index (χ4n) is 5.30. The third kappa shape index (κ3) is 4.10. The number of hydrogen-bond acceptors (Lipinski definition) is 7. The molecule has 180 valence electrons. The van der Waals surface area contributed by atoms with Crippen molar-refractivity contribution in [3.63, 3.8) is 0 Å². The third-order valence-electron chi connectivity index (χ3n) is 7.23. The Kier molecular flexibility index (Phi) is 5.56. The molecule has 2 fully saturated rings. The van der Waals surface area contributed by atoms with Crippen molar-refractivity contribution in [1.82, 2.24) is 29.5 Å². The highest BCUT2D eigenvalue weighted by Crippen LogP contribution is 2.35. The summed E-state index contributed by atoms with van der Waals surface area (Å²) in [5, 5.41) is 4.95. The molecule has 0 N–H and O–H groups in total. The number of anilines is 2. The smallest absolute Gasteiger partial charge is 0.154 e. The molecule has 0 amide bonds. The van der Waals surface area contributed by atoms with Gasteiger partial charge in [0.25, 0.3) is 0 Å². The molecule has 35 heavy (non-hydrogen) atoms. The van der Waals surface area contributed by atoms with E-state index in [4.69, 9.17) is 10.1 Å². The van der Waals surface area contributed by atoms with E-state index in [-0.39, 0.29) is 11.9 Å². The van der Waals surface area contributed by atoms with E-state index < -0.39 is 0 Å².